The molecule has 3 atom stereocenters. The fraction of sp³-hybridized carbons (Fsp3) is 0.480. The Balaban J connectivity index is 1.42. The highest BCUT2D eigenvalue weighted by Gasteiger charge is 2.47. The molecule has 6 aliphatic rings. The van der Waals surface area contributed by atoms with Gasteiger partial charge in [0.15, 0.2) is 0 Å². The number of benzene rings is 2. The van der Waals surface area contributed by atoms with Crippen LogP contribution in [-0.4, -0.2) is 19.2 Å². The average Bonchev–Trinajstić information content (AvgIpc) is 3.30. The fourth-order valence-corrected chi connectivity index (χ4v) is 5.53. The molecule has 0 spiro atoms. The maximum atomic E-state index is 12.6. The maximum Gasteiger partial charge on any atom is 0.309 e. The van der Waals surface area contributed by atoms with Gasteiger partial charge < -0.3 is 14.2 Å². The van der Waals surface area contributed by atoms with E-state index in [2.05, 4.69) is 30.3 Å². The zero-order chi connectivity index (χ0) is 19.4. The van der Waals surface area contributed by atoms with Crippen LogP contribution < -0.4 is 4.74 Å². The highest BCUT2D eigenvalue weighted by Crippen LogP contribution is 2.59. The van der Waals surface area contributed by atoms with Gasteiger partial charge in [0.1, 0.15) is 18.0 Å². The molecule has 10 bridgehead atoms. The third-order valence-electron chi connectivity index (χ3n) is 7.03. The third-order valence-corrected chi connectivity index (χ3v) is 7.03. The first-order chi connectivity index (χ1) is 14.3. The predicted molar refractivity (Wildman–Crippen MR) is 110 cm³/mol. The molecule has 8 rings (SSSR count). The molecule has 0 amide bonds. The Morgan fingerprint density at radius 3 is 2.55 bits per heavy atom. The molecule has 0 aromatic heterocycles. The number of carbonyl (C=O) groups excluding carboxylic acids is 1. The van der Waals surface area contributed by atoms with Crippen LogP contribution in [0.4, 0.5) is 0 Å². The zero-order valence-corrected chi connectivity index (χ0v) is 16.6. The molecule has 0 unspecified atom stereocenters. The topological polar surface area (TPSA) is 44.8 Å². The average molecular weight is 390 g/mol. The van der Waals surface area contributed by atoms with Gasteiger partial charge in [0.25, 0.3) is 0 Å². The van der Waals surface area contributed by atoms with Gasteiger partial charge in [0, 0.05) is 5.39 Å². The molecule has 1 aliphatic carbocycles. The number of hydrogen-bond donors (Lipinski definition) is 0. The van der Waals surface area contributed by atoms with Crippen LogP contribution >= 0.6 is 0 Å². The van der Waals surface area contributed by atoms with Crippen LogP contribution in [0.3, 0.4) is 0 Å². The number of hydrogen-bond acceptors (Lipinski definition) is 4. The molecule has 4 nitrogen and oxygen atoms in total. The van der Waals surface area contributed by atoms with E-state index < -0.39 is 0 Å². The summed E-state index contributed by atoms with van der Waals surface area (Å²) in [5.74, 6) is 0.938. The van der Waals surface area contributed by atoms with Crippen molar-refractivity contribution in [1.29, 1.82) is 0 Å². The Kier molecular flexibility index (Phi) is 4.15. The van der Waals surface area contributed by atoms with E-state index in [0.717, 1.165) is 57.3 Å². The summed E-state index contributed by atoms with van der Waals surface area (Å²) in [5, 5.41) is 2.38. The van der Waals surface area contributed by atoms with E-state index in [1.807, 2.05) is 0 Å². The van der Waals surface area contributed by atoms with Gasteiger partial charge in [-0.3, -0.25) is 4.79 Å². The summed E-state index contributed by atoms with van der Waals surface area (Å²) < 4.78 is 18.2. The Bertz CT molecular complexity index is 1020. The quantitative estimate of drug-likeness (QED) is 0.436. The zero-order valence-electron chi connectivity index (χ0n) is 16.6. The monoisotopic (exact) mass is 390 g/mol. The Morgan fingerprint density at radius 2 is 1.66 bits per heavy atom. The van der Waals surface area contributed by atoms with Crippen molar-refractivity contribution in [3.8, 4) is 5.75 Å². The van der Waals surface area contributed by atoms with Crippen molar-refractivity contribution >= 4 is 16.7 Å². The van der Waals surface area contributed by atoms with Crippen molar-refractivity contribution in [3.05, 3.63) is 52.6 Å². The summed E-state index contributed by atoms with van der Waals surface area (Å²) >= 11 is 0. The molecule has 0 saturated carbocycles. The lowest BCUT2D eigenvalue weighted by atomic mass is 9.75. The van der Waals surface area contributed by atoms with Gasteiger partial charge in [-0.15, -0.1) is 0 Å². The minimum absolute atomic E-state index is 0.00783. The van der Waals surface area contributed by atoms with Crippen molar-refractivity contribution in [2.24, 2.45) is 5.92 Å². The second-order valence-electron chi connectivity index (χ2n) is 8.77. The number of fused-ring (bicyclic) bond motifs is 1. The van der Waals surface area contributed by atoms with E-state index in [0.29, 0.717) is 6.61 Å². The molecule has 2 aromatic rings. The summed E-state index contributed by atoms with van der Waals surface area (Å²) in [6, 6.07) is 10.9. The van der Waals surface area contributed by atoms with E-state index >= 15 is 0 Å². The molecule has 0 fully saturated rings. The molecule has 5 aliphatic heterocycles. The molecule has 150 valence electrons. The molecule has 0 saturated heterocycles. The summed E-state index contributed by atoms with van der Waals surface area (Å²) in [7, 11) is 0. The van der Waals surface area contributed by atoms with Crippen LogP contribution in [0.2, 0.25) is 0 Å². The van der Waals surface area contributed by atoms with E-state index in [4.69, 9.17) is 14.2 Å². The lowest BCUT2D eigenvalue weighted by molar-refractivity contribution is -0.149. The molecule has 5 heterocycles. The van der Waals surface area contributed by atoms with E-state index in [1.165, 1.54) is 33.0 Å². The van der Waals surface area contributed by atoms with E-state index in [1.54, 1.807) is 0 Å². The van der Waals surface area contributed by atoms with Crippen LogP contribution in [0.1, 0.15) is 68.3 Å². The van der Waals surface area contributed by atoms with Crippen LogP contribution in [0.25, 0.3) is 10.8 Å². The van der Waals surface area contributed by atoms with Crippen LogP contribution in [0, 0.1) is 5.92 Å². The SMILES string of the molecule is O=C1OCCCCCCOc2cccc3cc4c(cc23)[C@@H]2O[C@H]4C3=C2CC[C@@H]1C3. The van der Waals surface area contributed by atoms with E-state index in [-0.39, 0.29) is 24.1 Å². The molecule has 2 aromatic carbocycles. The third kappa shape index (κ3) is 2.80. The van der Waals surface area contributed by atoms with Gasteiger partial charge in [0.05, 0.1) is 19.1 Å². The van der Waals surface area contributed by atoms with Crippen molar-refractivity contribution in [2.45, 2.75) is 57.2 Å². The largest absolute Gasteiger partial charge is 0.493 e. The standard InChI is InChI=1S/C25H26O4/c26-25-16-8-9-17-19(13-16)24-20-12-15-6-5-7-22(18(15)14-21(20)23(17)29-24)27-10-3-1-2-4-11-28-25/h5-7,12,14,16,23-24H,1-4,8-11,13H2/t16-,23-,24+/m1/s1. The van der Waals surface area contributed by atoms with Gasteiger partial charge in [0.2, 0.25) is 0 Å². The summed E-state index contributed by atoms with van der Waals surface area (Å²) in [6.45, 7) is 1.25. The minimum Gasteiger partial charge on any atom is -0.493 e. The second-order valence-corrected chi connectivity index (χ2v) is 8.77. The Morgan fingerprint density at radius 1 is 0.862 bits per heavy atom. The molecule has 0 radical (unpaired) electrons. The highest BCUT2D eigenvalue weighted by atomic mass is 16.5. The second kappa shape index (κ2) is 6.88. The number of rotatable bonds is 0. The van der Waals surface area contributed by atoms with E-state index in [9.17, 15) is 4.79 Å². The fourth-order valence-electron chi connectivity index (χ4n) is 5.53. The van der Waals surface area contributed by atoms with Gasteiger partial charge in [-0.05, 0) is 90.8 Å². The Hall–Kier alpha value is -2.33. The maximum absolute atomic E-state index is 12.6. The molecule has 4 heteroatoms. The van der Waals surface area contributed by atoms with Crippen molar-refractivity contribution in [3.63, 3.8) is 0 Å². The van der Waals surface area contributed by atoms with Gasteiger partial charge in [-0.2, -0.15) is 0 Å². The first-order valence-corrected chi connectivity index (χ1v) is 11.0. The first kappa shape index (κ1) is 17.5. The lowest BCUT2D eigenvalue weighted by Crippen LogP contribution is -2.24. The van der Waals surface area contributed by atoms with Crippen LogP contribution in [-0.2, 0) is 14.3 Å². The van der Waals surface area contributed by atoms with Gasteiger partial charge >= 0.3 is 5.97 Å². The van der Waals surface area contributed by atoms with Gasteiger partial charge in [-0.1, -0.05) is 12.1 Å². The summed E-state index contributed by atoms with van der Waals surface area (Å²) in [5.41, 5.74) is 5.31. The number of carbonyl (C=O) groups is 1. The molecule has 0 N–H and O–H groups in total. The summed E-state index contributed by atoms with van der Waals surface area (Å²) in [6.07, 6.45) is 6.77. The Labute approximate surface area is 170 Å². The molecule has 29 heavy (non-hydrogen) atoms. The molecular formula is C25H26O4. The van der Waals surface area contributed by atoms with Gasteiger partial charge in [-0.25, -0.2) is 0 Å². The predicted octanol–water partition coefficient (Wildman–Crippen LogP) is 5.56. The van der Waals surface area contributed by atoms with Crippen LogP contribution in [0.5, 0.6) is 5.75 Å². The number of ether oxygens (including phenoxy) is 3. The first-order valence-electron chi connectivity index (χ1n) is 11.0. The molecular weight excluding hydrogens is 364 g/mol. The van der Waals surface area contributed by atoms with Crippen molar-refractivity contribution < 1.29 is 19.0 Å². The minimum atomic E-state index is -0.0212. The number of esters is 1. The van der Waals surface area contributed by atoms with Crippen molar-refractivity contribution in [2.75, 3.05) is 13.2 Å². The smallest absolute Gasteiger partial charge is 0.309 e. The highest BCUT2D eigenvalue weighted by molar-refractivity contribution is 5.90. The summed E-state index contributed by atoms with van der Waals surface area (Å²) in [4.78, 5) is 12.6. The van der Waals surface area contributed by atoms with Crippen LogP contribution in [0.15, 0.2) is 41.5 Å². The normalized spacial score (nSPS) is 28.8. The lowest BCUT2D eigenvalue weighted by Gasteiger charge is -2.28. The van der Waals surface area contributed by atoms with Crippen molar-refractivity contribution in [1.82, 2.24) is 0 Å².